The van der Waals surface area contributed by atoms with Crippen molar-refractivity contribution < 1.29 is 15.0 Å². The SMILES string of the molecule is CCCC1CCN(CC2(O)CCC(C(=O)O)CC2)C1. The Labute approximate surface area is 115 Å². The van der Waals surface area contributed by atoms with Gasteiger partial charge in [-0.05, 0) is 51.0 Å². The van der Waals surface area contributed by atoms with E-state index in [1.807, 2.05) is 0 Å². The molecule has 1 atom stereocenters. The molecule has 0 bridgehead atoms. The largest absolute Gasteiger partial charge is 0.481 e. The molecule has 0 aromatic heterocycles. The first-order chi connectivity index (χ1) is 9.02. The second-order valence-corrected chi connectivity index (χ2v) is 6.52. The fraction of sp³-hybridized carbons (Fsp3) is 0.933. The Balaban J connectivity index is 1.78. The second-order valence-electron chi connectivity index (χ2n) is 6.52. The van der Waals surface area contributed by atoms with Gasteiger partial charge in [0.2, 0.25) is 0 Å². The van der Waals surface area contributed by atoms with Crippen LogP contribution in [0.3, 0.4) is 0 Å². The van der Waals surface area contributed by atoms with Crippen molar-refractivity contribution in [2.24, 2.45) is 11.8 Å². The molecule has 0 spiro atoms. The summed E-state index contributed by atoms with van der Waals surface area (Å²) < 4.78 is 0. The van der Waals surface area contributed by atoms with Gasteiger partial charge in [-0.15, -0.1) is 0 Å². The van der Waals surface area contributed by atoms with Crippen LogP contribution in [0.4, 0.5) is 0 Å². The number of β-amino-alcohol motifs (C(OH)–C–C–N with tert-alkyl or cyclic N) is 1. The summed E-state index contributed by atoms with van der Waals surface area (Å²) in [6, 6.07) is 0. The summed E-state index contributed by atoms with van der Waals surface area (Å²) in [5.41, 5.74) is -0.646. The van der Waals surface area contributed by atoms with E-state index in [0.29, 0.717) is 25.7 Å². The molecule has 1 saturated carbocycles. The zero-order valence-corrected chi connectivity index (χ0v) is 12.0. The third-order valence-corrected chi connectivity index (χ3v) is 4.85. The standard InChI is InChI=1S/C15H27NO3/c1-2-3-12-6-9-16(10-12)11-15(19)7-4-13(5-8-15)14(17)18/h12-13,19H,2-11H2,1H3,(H,17,18). The maximum Gasteiger partial charge on any atom is 0.306 e. The molecule has 1 saturated heterocycles. The quantitative estimate of drug-likeness (QED) is 0.802. The predicted octanol–water partition coefficient (Wildman–Crippen LogP) is 2.11. The Morgan fingerprint density at radius 3 is 2.58 bits per heavy atom. The highest BCUT2D eigenvalue weighted by molar-refractivity contribution is 5.70. The van der Waals surface area contributed by atoms with Gasteiger partial charge in [0.1, 0.15) is 0 Å². The smallest absolute Gasteiger partial charge is 0.306 e. The number of hydrogen-bond donors (Lipinski definition) is 2. The Morgan fingerprint density at radius 1 is 1.32 bits per heavy atom. The van der Waals surface area contributed by atoms with E-state index < -0.39 is 11.6 Å². The van der Waals surface area contributed by atoms with E-state index in [-0.39, 0.29) is 5.92 Å². The molecule has 2 N–H and O–H groups in total. The molecule has 1 aliphatic heterocycles. The van der Waals surface area contributed by atoms with Crippen LogP contribution in [0.1, 0.15) is 51.9 Å². The fourth-order valence-electron chi connectivity index (χ4n) is 3.68. The molecular formula is C15H27NO3. The van der Waals surface area contributed by atoms with Crippen LogP contribution in [0.25, 0.3) is 0 Å². The van der Waals surface area contributed by atoms with E-state index in [1.165, 1.54) is 19.3 Å². The number of aliphatic carboxylic acids is 1. The van der Waals surface area contributed by atoms with Gasteiger partial charge in [0, 0.05) is 13.1 Å². The summed E-state index contributed by atoms with van der Waals surface area (Å²) in [7, 11) is 0. The van der Waals surface area contributed by atoms with Gasteiger partial charge in [-0.1, -0.05) is 13.3 Å². The van der Waals surface area contributed by atoms with Gasteiger partial charge in [0.15, 0.2) is 0 Å². The average Bonchev–Trinajstić information content (AvgIpc) is 2.77. The molecule has 0 radical (unpaired) electrons. The summed E-state index contributed by atoms with van der Waals surface area (Å²) in [5, 5.41) is 19.6. The molecule has 1 unspecified atom stereocenters. The Hall–Kier alpha value is -0.610. The Kier molecular flexibility index (Phi) is 4.85. The molecule has 2 aliphatic rings. The van der Waals surface area contributed by atoms with E-state index >= 15 is 0 Å². The molecule has 0 amide bonds. The van der Waals surface area contributed by atoms with E-state index in [1.54, 1.807) is 0 Å². The molecule has 0 aromatic rings. The first-order valence-corrected chi connectivity index (χ1v) is 7.70. The predicted molar refractivity (Wildman–Crippen MR) is 74.0 cm³/mol. The summed E-state index contributed by atoms with van der Waals surface area (Å²) in [6.45, 7) is 5.16. The third kappa shape index (κ3) is 3.93. The van der Waals surface area contributed by atoms with Gasteiger partial charge >= 0.3 is 5.97 Å². The van der Waals surface area contributed by atoms with Gasteiger partial charge in [0.05, 0.1) is 11.5 Å². The molecule has 2 fully saturated rings. The molecule has 4 heteroatoms. The maximum absolute atomic E-state index is 10.9. The van der Waals surface area contributed by atoms with Gasteiger partial charge in [-0.2, -0.15) is 0 Å². The lowest BCUT2D eigenvalue weighted by Crippen LogP contribution is -2.45. The maximum atomic E-state index is 10.9. The van der Waals surface area contributed by atoms with Crippen molar-refractivity contribution in [1.29, 1.82) is 0 Å². The second kappa shape index (κ2) is 6.23. The minimum absolute atomic E-state index is 0.244. The van der Waals surface area contributed by atoms with E-state index in [0.717, 1.165) is 25.6 Å². The van der Waals surface area contributed by atoms with Crippen molar-refractivity contribution in [3.63, 3.8) is 0 Å². The first-order valence-electron chi connectivity index (χ1n) is 7.70. The van der Waals surface area contributed by atoms with Crippen LogP contribution < -0.4 is 0 Å². The number of carboxylic acids is 1. The van der Waals surface area contributed by atoms with Crippen molar-refractivity contribution in [2.75, 3.05) is 19.6 Å². The van der Waals surface area contributed by atoms with Crippen LogP contribution in [0, 0.1) is 11.8 Å². The zero-order chi connectivity index (χ0) is 13.9. The van der Waals surface area contributed by atoms with Crippen molar-refractivity contribution in [3.05, 3.63) is 0 Å². The van der Waals surface area contributed by atoms with Crippen molar-refractivity contribution in [3.8, 4) is 0 Å². The van der Waals surface area contributed by atoms with E-state index in [2.05, 4.69) is 11.8 Å². The highest BCUT2D eigenvalue weighted by atomic mass is 16.4. The zero-order valence-electron chi connectivity index (χ0n) is 12.0. The van der Waals surface area contributed by atoms with Crippen LogP contribution >= 0.6 is 0 Å². The van der Waals surface area contributed by atoms with Crippen LogP contribution in [0.5, 0.6) is 0 Å². The lowest BCUT2D eigenvalue weighted by molar-refractivity contribution is -0.145. The number of carboxylic acid groups (broad SMARTS) is 1. The number of nitrogens with zero attached hydrogens (tertiary/aromatic N) is 1. The number of aliphatic hydroxyl groups is 1. The Morgan fingerprint density at radius 2 is 2.00 bits per heavy atom. The monoisotopic (exact) mass is 269 g/mol. The van der Waals surface area contributed by atoms with Crippen LogP contribution in [0.2, 0.25) is 0 Å². The third-order valence-electron chi connectivity index (χ3n) is 4.85. The Bertz CT molecular complexity index is 311. The van der Waals surface area contributed by atoms with Crippen LogP contribution in [0.15, 0.2) is 0 Å². The lowest BCUT2D eigenvalue weighted by Gasteiger charge is -2.37. The minimum Gasteiger partial charge on any atom is -0.481 e. The normalized spacial score (nSPS) is 36.5. The fourth-order valence-corrected chi connectivity index (χ4v) is 3.68. The number of likely N-dealkylation sites (tertiary alicyclic amines) is 1. The molecular weight excluding hydrogens is 242 g/mol. The van der Waals surface area contributed by atoms with E-state index in [4.69, 9.17) is 5.11 Å². The topological polar surface area (TPSA) is 60.8 Å². The molecule has 19 heavy (non-hydrogen) atoms. The summed E-state index contributed by atoms with van der Waals surface area (Å²) >= 11 is 0. The summed E-state index contributed by atoms with van der Waals surface area (Å²) in [6.07, 6.45) is 6.30. The molecule has 2 rings (SSSR count). The van der Waals surface area contributed by atoms with Gasteiger partial charge in [-0.3, -0.25) is 4.79 Å². The van der Waals surface area contributed by atoms with Gasteiger partial charge in [-0.25, -0.2) is 0 Å². The molecule has 110 valence electrons. The molecule has 1 aliphatic carbocycles. The minimum atomic E-state index is -0.703. The van der Waals surface area contributed by atoms with Crippen molar-refractivity contribution >= 4 is 5.97 Å². The average molecular weight is 269 g/mol. The van der Waals surface area contributed by atoms with Crippen LogP contribution in [-0.2, 0) is 4.79 Å². The molecule has 1 heterocycles. The number of rotatable bonds is 5. The van der Waals surface area contributed by atoms with Gasteiger partial charge < -0.3 is 15.1 Å². The van der Waals surface area contributed by atoms with Crippen molar-refractivity contribution in [2.45, 2.75) is 57.5 Å². The van der Waals surface area contributed by atoms with E-state index in [9.17, 15) is 9.90 Å². The number of hydrogen-bond acceptors (Lipinski definition) is 3. The van der Waals surface area contributed by atoms with Crippen molar-refractivity contribution in [1.82, 2.24) is 4.90 Å². The number of carbonyl (C=O) groups is 1. The summed E-state index contributed by atoms with van der Waals surface area (Å²) in [4.78, 5) is 13.3. The van der Waals surface area contributed by atoms with Gasteiger partial charge in [0.25, 0.3) is 0 Å². The highest BCUT2D eigenvalue weighted by Gasteiger charge is 2.38. The summed E-state index contributed by atoms with van der Waals surface area (Å²) in [5.74, 6) is -0.151. The van der Waals surface area contributed by atoms with Crippen LogP contribution in [-0.4, -0.2) is 46.3 Å². The lowest BCUT2D eigenvalue weighted by atomic mass is 9.78. The first kappa shape index (κ1) is 14.8. The molecule has 4 nitrogen and oxygen atoms in total. The highest BCUT2D eigenvalue weighted by Crippen LogP contribution is 2.34. The molecule has 0 aromatic carbocycles.